The monoisotopic (exact) mass is 399 g/mol. The third-order valence-corrected chi connectivity index (χ3v) is 4.61. The molecule has 0 aliphatic carbocycles. The van der Waals surface area contributed by atoms with E-state index in [0.717, 1.165) is 12.3 Å². The molecule has 0 saturated carbocycles. The third-order valence-electron chi connectivity index (χ3n) is 4.33. The van der Waals surface area contributed by atoms with Gasteiger partial charge < -0.3 is 14.5 Å². The lowest BCUT2D eigenvalue weighted by Gasteiger charge is -2.35. The van der Waals surface area contributed by atoms with Crippen LogP contribution in [-0.4, -0.2) is 49.1 Å². The van der Waals surface area contributed by atoms with E-state index in [1.807, 2.05) is 0 Å². The van der Waals surface area contributed by atoms with Crippen LogP contribution >= 0.6 is 11.6 Å². The SMILES string of the molecule is COc1cccc(C(=O)N2CCN(c3ncc(C(F)(F)F)cc3Cl)CC2)c1. The molecule has 1 aromatic heterocycles. The molecule has 2 heterocycles. The highest BCUT2D eigenvalue weighted by Gasteiger charge is 2.32. The minimum absolute atomic E-state index is 0.0580. The number of alkyl halides is 3. The lowest BCUT2D eigenvalue weighted by molar-refractivity contribution is -0.137. The van der Waals surface area contributed by atoms with Gasteiger partial charge in [0.25, 0.3) is 5.91 Å². The predicted molar refractivity (Wildman–Crippen MR) is 95.4 cm³/mol. The van der Waals surface area contributed by atoms with Gasteiger partial charge >= 0.3 is 6.18 Å². The van der Waals surface area contributed by atoms with Crippen molar-refractivity contribution in [1.29, 1.82) is 0 Å². The molecule has 0 unspecified atom stereocenters. The molecule has 0 spiro atoms. The Morgan fingerprint density at radius 1 is 1.19 bits per heavy atom. The second-order valence-electron chi connectivity index (χ2n) is 6.04. The Bertz CT molecular complexity index is 837. The van der Waals surface area contributed by atoms with E-state index < -0.39 is 11.7 Å². The van der Waals surface area contributed by atoms with Gasteiger partial charge in [0.2, 0.25) is 0 Å². The molecule has 1 saturated heterocycles. The largest absolute Gasteiger partial charge is 0.497 e. The number of amides is 1. The van der Waals surface area contributed by atoms with Gasteiger partial charge in [-0.05, 0) is 24.3 Å². The predicted octanol–water partition coefficient (Wildman–Crippen LogP) is 3.72. The zero-order chi connectivity index (χ0) is 19.6. The zero-order valence-corrected chi connectivity index (χ0v) is 15.2. The van der Waals surface area contributed by atoms with Crippen molar-refractivity contribution in [2.75, 3.05) is 38.2 Å². The molecule has 144 valence electrons. The molecule has 9 heteroatoms. The Kier molecular flexibility index (Phi) is 5.46. The number of methoxy groups -OCH3 is 1. The van der Waals surface area contributed by atoms with Crippen LogP contribution in [0.15, 0.2) is 36.5 Å². The number of anilines is 1. The van der Waals surface area contributed by atoms with Crippen LogP contribution in [0.5, 0.6) is 5.75 Å². The van der Waals surface area contributed by atoms with Crippen molar-refractivity contribution in [3.8, 4) is 5.75 Å². The molecule has 1 amide bonds. The lowest BCUT2D eigenvalue weighted by Crippen LogP contribution is -2.49. The van der Waals surface area contributed by atoms with E-state index >= 15 is 0 Å². The van der Waals surface area contributed by atoms with E-state index in [1.165, 1.54) is 7.11 Å². The number of aromatic nitrogens is 1. The average molecular weight is 400 g/mol. The van der Waals surface area contributed by atoms with Crippen LogP contribution in [-0.2, 0) is 6.18 Å². The van der Waals surface area contributed by atoms with Gasteiger partial charge in [-0.1, -0.05) is 17.7 Å². The fourth-order valence-corrected chi connectivity index (χ4v) is 3.16. The first-order chi connectivity index (χ1) is 12.8. The number of rotatable bonds is 3. The maximum absolute atomic E-state index is 12.7. The van der Waals surface area contributed by atoms with Crippen LogP contribution in [0, 0.1) is 0 Å². The summed E-state index contributed by atoms with van der Waals surface area (Å²) in [6, 6.07) is 7.76. The first-order valence-corrected chi connectivity index (χ1v) is 8.58. The van der Waals surface area contributed by atoms with Gasteiger partial charge in [-0.25, -0.2) is 4.98 Å². The van der Waals surface area contributed by atoms with Crippen molar-refractivity contribution < 1.29 is 22.7 Å². The molecule has 2 aromatic rings. The molecule has 0 N–H and O–H groups in total. The molecule has 27 heavy (non-hydrogen) atoms. The van der Waals surface area contributed by atoms with Crippen molar-refractivity contribution in [3.05, 3.63) is 52.7 Å². The maximum atomic E-state index is 12.7. The van der Waals surface area contributed by atoms with Crippen LogP contribution < -0.4 is 9.64 Å². The molecule has 1 fully saturated rings. The van der Waals surface area contributed by atoms with E-state index in [1.54, 1.807) is 34.1 Å². The van der Waals surface area contributed by atoms with Crippen LogP contribution in [0.25, 0.3) is 0 Å². The maximum Gasteiger partial charge on any atom is 0.417 e. The van der Waals surface area contributed by atoms with Crippen molar-refractivity contribution in [1.82, 2.24) is 9.88 Å². The summed E-state index contributed by atoms with van der Waals surface area (Å²) in [4.78, 5) is 20.0. The Hall–Kier alpha value is -2.48. The van der Waals surface area contributed by atoms with Gasteiger partial charge in [0.15, 0.2) is 0 Å². The van der Waals surface area contributed by atoms with Crippen molar-refractivity contribution >= 4 is 23.3 Å². The molecule has 0 atom stereocenters. The smallest absolute Gasteiger partial charge is 0.417 e. The summed E-state index contributed by atoms with van der Waals surface area (Å²) in [6.45, 7) is 1.67. The van der Waals surface area contributed by atoms with Crippen LogP contribution in [0.4, 0.5) is 19.0 Å². The lowest BCUT2D eigenvalue weighted by atomic mass is 10.1. The Balaban J connectivity index is 1.67. The van der Waals surface area contributed by atoms with Crippen LogP contribution in [0.3, 0.4) is 0 Å². The first kappa shape index (κ1) is 19.3. The molecule has 3 rings (SSSR count). The van der Waals surface area contributed by atoms with E-state index in [9.17, 15) is 18.0 Å². The number of halogens is 4. The molecular weight excluding hydrogens is 383 g/mol. The topological polar surface area (TPSA) is 45.7 Å². The zero-order valence-electron chi connectivity index (χ0n) is 14.5. The number of ether oxygens (including phenoxy) is 1. The number of hydrogen-bond acceptors (Lipinski definition) is 4. The van der Waals surface area contributed by atoms with Gasteiger partial charge in [-0.15, -0.1) is 0 Å². The quantitative estimate of drug-likeness (QED) is 0.789. The standard InChI is InChI=1S/C18H17ClF3N3O2/c1-27-14-4-2-3-12(9-14)17(26)25-7-5-24(6-8-25)16-15(19)10-13(11-23-16)18(20,21)22/h2-4,9-11H,5-8H2,1H3. The molecule has 0 bridgehead atoms. The highest BCUT2D eigenvalue weighted by Crippen LogP contribution is 2.33. The molecule has 1 aliphatic heterocycles. The number of nitrogens with zero attached hydrogens (tertiary/aromatic N) is 3. The van der Waals surface area contributed by atoms with Crippen LogP contribution in [0.1, 0.15) is 15.9 Å². The minimum atomic E-state index is -4.49. The number of hydrogen-bond donors (Lipinski definition) is 0. The molecule has 0 radical (unpaired) electrons. The second kappa shape index (κ2) is 7.64. The third kappa shape index (κ3) is 4.27. The van der Waals surface area contributed by atoms with Gasteiger partial charge in [0.1, 0.15) is 11.6 Å². The number of benzene rings is 1. The minimum Gasteiger partial charge on any atom is -0.497 e. The van der Waals surface area contributed by atoms with E-state index in [4.69, 9.17) is 16.3 Å². The van der Waals surface area contributed by atoms with Crippen molar-refractivity contribution in [3.63, 3.8) is 0 Å². The summed E-state index contributed by atoms with van der Waals surface area (Å²) >= 11 is 6.00. The number of carbonyl (C=O) groups is 1. The fourth-order valence-electron chi connectivity index (χ4n) is 2.88. The Morgan fingerprint density at radius 3 is 2.48 bits per heavy atom. The first-order valence-electron chi connectivity index (χ1n) is 8.20. The number of piperazine rings is 1. The van der Waals surface area contributed by atoms with Crippen molar-refractivity contribution in [2.24, 2.45) is 0 Å². The fraction of sp³-hybridized carbons (Fsp3) is 0.333. The van der Waals surface area contributed by atoms with Gasteiger partial charge in [0, 0.05) is 37.9 Å². The molecular formula is C18H17ClF3N3O2. The highest BCUT2D eigenvalue weighted by molar-refractivity contribution is 6.33. The molecule has 5 nitrogen and oxygen atoms in total. The number of pyridine rings is 1. The average Bonchev–Trinajstić information content (AvgIpc) is 2.67. The normalized spacial score (nSPS) is 15.0. The van der Waals surface area contributed by atoms with Gasteiger partial charge in [0.05, 0.1) is 17.7 Å². The van der Waals surface area contributed by atoms with E-state index in [2.05, 4.69) is 4.98 Å². The summed E-state index contributed by atoms with van der Waals surface area (Å²) < 4.78 is 43.3. The highest BCUT2D eigenvalue weighted by atomic mass is 35.5. The van der Waals surface area contributed by atoms with E-state index in [-0.39, 0.29) is 16.7 Å². The summed E-state index contributed by atoms with van der Waals surface area (Å²) in [6.07, 6.45) is -3.72. The summed E-state index contributed by atoms with van der Waals surface area (Å²) in [7, 11) is 1.53. The van der Waals surface area contributed by atoms with Gasteiger partial charge in [-0.2, -0.15) is 13.2 Å². The van der Waals surface area contributed by atoms with Gasteiger partial charge in [-0.3, -0.25) is 4.79 Å². The van der Waals surface area contributed by atoms with Crippen molar-refractivity contribution in [2.45, 2.75) is 6.18 Å². The second-order valence-corrected chi connectivity index (χ2v) is 6.45. The number of carbonyl (C=O) groups excluding carboxylic acids is 1. The Labute approximate surface area is 159 Å². The molecule has 1 aliphatic rings. The molecule has 1 aromatic carbocycles. The summed E-state index contributed by atoms with van der Waals surface area (Å²) in [5.74, 6) is 0.762. The summed E-state index contributed by atoms with van der Waals surface area (Å²) in [5, 5.41) is -0.0580. The van der Waals surface area contributed by atoms with Crippen LogP contribution in [0.2, 0.25) is 5.02 Å². The van der Waals surface area contributed by atoms with E-state index in [0.29, 0.717) is 37.5 Å². The Morgan fingerprint density at radius 2 is 1.89 bits per heavy atom. The summed E-state index contributed by atoms with van der Waals surface area (Å²) in [5.41, 5.74) is -0.364.